The number of nitrogen functional groups attached to an aromatic ring is 1. The number of nitriles is 1. The molecule has 0 aliphatic rings. The third kappa shape index (κ3) is 4.15. The van der Waals surface area contributed by atoms with Gasteiger partial charge < -0.3 is 15.8 Å². The van der Waals surface area contributed by atoms with Crippen LogP contribution in [0.2, 0.25) is 0 Å². The zero-order valence-electron chi connectivity index (χ0n) is 12.1. The molecule has 0 spiro atoms. The fourth-order valence-corrected chi connectivity index (χ4v) is 1.88. The molecule has 0 fully saturated rings. The van der Waals surface area contributed by atoms with E-state index in [0.29, 0.717) is 30.2 Å². The smallest absolute Gasteiger partial charge is 0.144 e. The largest absolute Gasteiger partial charge is 0.491 e. The first kappa shape index (κ1) is 14.7. The Balaban J connectivity index is 2.00. The fourth-order valence-electron chi connectivity index (χ4n) is 1.88. The van der Waals surface area contributed by atoms with Gasteiger partial charge in [-0.1, -0.05) is 19.1 Å². The lowest BCUT2D eigenvalue weighted by Crippen LogP contribution is -2.02. The average molecular weight is 281 g/mol. The number of rotatable bonds is 6. The highest BCUT2D eigenvalue weighted by molar-refractivity contribution is 5.61. The zero-order chi connectivity index (χ0) is 15.1. The van der Waals surface area contributed by atoms with Gasteiger partial charge in [0.1, 0.15) is 5.75 Å². The van der Waals surface area contributed by atoms with Gasteiger partial charge in [-0.2, -0.15) is 5.26 Å². The molecule has 0 saturated carbocycles. The van der Waals surface area contributed by atoms with Crippen LogP contribution in [0, 0.1) is 11.3 Å². The molecular weight excluding hydrogens is 262 g/mol. The highest BCUT2D eigenvalue weighted by Crippen LogP contribution is 2.26. The van der Waals surface area contributed by atoms with E-state index in [0.717, 1.165) is 17.7 Å². The Labute approximate surface area is 125 Å². The Kier molecular flexibility index (Phi) is 5.05. The maximum Gasteiger partial charge on any atom is 0.144 e. The van der Waals surface area contributed by atoms with Crippen molar-refractivity contribution >= 4 is 11.4 Å². The minimum Gasteiger partial charge on any atom is -0.491 e. The summed E-state index contributed by atoms with van der Waals surface area (Å²) in [7, 11) is 0. The van der Waals surface area contributed by atoms with E-state index in [-0.39, 0.29) is 0 Å². The van der Waals surface area contributed by atoms with Crippen LogP contribution in [0.3, 0.4) is 0 Å². The Morgan fingerprint density at radius 2 is 1.95 bits per heavy atom. The molecule has 108 valence electrons. The number of anilines is 2. The molecule has 0 atom stereocenters. The van der Waals surface area contributed by atoms with E-state index >= 15 is 0 Å². The highest BCUT2D eigenvalue weighted by atomic mass is 16.5. The highest BCUT2D eigenvalue weighted by Gasteiger charge is 2.02. The van der Waals surface area contributed by atoms with Gasteiger partial charge in [-0.3, -0.25) is 0 Å². The second-order valence-corrected chi connectivity index (χ2v) is 4.76. The third-order valence-electron chi connectivity index (χ3n) is 3.05. The van der Waals surface area contributed by atoms with Gasteiger partial charge in [-0.15, -0.1) is 0 Å². The summed E-state index contributed by atoms with van der Waals surface area (Å²) in [4.78, 5) is 0. The van der Waals surface area contributed by atoms with Gasteiger partial charge in [-0.05, 0) is 36.2 Å². The van der Waals surface area contributed by atoms with Crippen LogP contribution in [-0.4, -0.2) is 6.61 Å². The number of benzene rings is 2. The van der Waals surface area contributed by atoms with Crippen LogP contribution in [0.1, 0.15) is 24.5 Å². The molecule has 21 heavy (non-hydrogen) atoms. The maximum atomic E-state index is 8.77. The molecule has 0 bridgehead atoms. The lowest BCUT2D eigenvalue weighted by atomic mass is 10.1. The number of hydrogen-bond acceptors (Lipinski definition) is 4. The summed E-state index contributed by atoms with van der Waals surface area (Å²) in [6.45, 7) is 3.40. The first-order chi connectivity index (χ1) is 10.2. The first-order valence-corrected chi connectivity index (χ1v) is 6.98. The van der Waals surface area contributed by atoms with E-state index in [4.69, 9.17) is 15.7 Å². The van der Waals surface area contributed by atoms with Gasteiger partial charge in [0, 0.05) is 18.3 Å². The molecule has 0 heterocycles. The second-order valence-electron chi connectivity index (χ2n) is 4.76. The van der Waals surface area contributed by atoms with Crippen molar-refractivity contribution in [3.63, 3.8) is 0 Å². The molecule has 0 radical (unpaired) electrons. The topological polar surface area (TPSA) is 71.1 Å². The summed E-state index contributed by atoms with van der Waals surface area (Å²) in [6, 6.07) is 15.3. The normalized spacial score (nSPS) is 9.90. The van der Waals surface area contributed by atoms with E-state index in [1.165, 1.54) is 0 Å². The van der Waals surface area contributed by atoms with Gasteiger partial charge in [0.05, 0.1) is 23.9 Å². The quantitative estimate of drug-likeness (QED) is 0.794. The SMILES string of the molecule is CCCOc1cc(NCc2ccc(C#N)cc2)ccc1N. The van der Waals surface area contributed by atoms with Gasteiger partial charge >= 0.3 is 0 Å². The summed E-state index contributed by atoms with van der Waals surface area (Å²) in [6.07, 6.45) is 0.947. The Morgan fingerprint density at radius 1 is 1.19 bits per heavy atom. The Hall–Kier alpha value is -2.67. The molecule has 0 amide bonds. The van der Waals surface area contributed by atoms with Crippen molar-refractivity contribution in [2.75, 3.05) is 17.7 Å². The molecule has 0 aromatic heterocycles. The first-order valence-electron chi connectivity index (χ1n) is 6.98. The van der Waals surface area contributed by atoms with E-state index in [9.17, 15) is 0 Å². The molecule has 4 nitrogen and oxygen atoms in total. The maximum absolute atomic E-state index is 8.77. The van der Waals surface area contributed by atoms with Crippen LogP contribution in [-0.2, 0) is 6.54 Å². The summed E-state index contributed by atoms with van der Waals surface area (Å²) in [5, 5.41) is 12.1. The zero-order valence-corrected chi connectivity index (χ0v) is 12.1. The van der Waals surface area contributed by atoms with Crippen molar-refractivity contribution in [3.05, 3.63) is 53.6 Å². The van der Waals surface area contributed by atoms with E-state index < -0.39 is 0 Å². The Bertz CT molecular complexity index is 629. The number of ether oxygens (including phenoxy) is 1. The minimum atomic E-state index is 0.646. The number of nitrogens with one attached hydrogen (secondary N) is 1. The van der Waals surface area contributed by atoms with E-state index in [1.807, 2.05) is 42.5 Å². The van der Waals surface area contributed by atoms with Crippen molar-refractivity contribution in [1.29, 1.82) is 5.26 Å². The van der Waals surface area contributed by atoms with Crippen LogP contribution >= 0.6 is 0 Å². The molecule has 0 unspecified atom stereocenters. The molecule has 2 aromatic carbocycles. The summed E-state index contributed by atoms with van der Waals surface area (Å²) in [5.74, 6) is 0.710. The van der Waals surface area contributed by atoms with Crippen LogP contribution in [0.15, 0.2) is 42.5 Å². The lowest BCUT2D eigenvalue weighted by Gasteiger charge is -2.11. The molecule has 0 aliphatic heterocycles. The monoisotopic (exact) mass is 281 g/mol. The van der Waals surface area contributed by atoms with Crippen LogP contribution < -0.4 is 15.8 Å². The number of hydrogen-bond donors (Lipinski definition) is 2. The third-order valence-corrected chi connectivity index (χ3v) is 3.05. The van der Waals surface area contributed by atoms with Crippen molar-refractivity contribution in [1.82, 2.24) is 0 Å². The predicted molar refractivity (Wildman–Crippen MR) is 85.1 cm³/mol. The van der Waals surface area contributed by atoms with Gasteiger partial charge in [0.15, 0.2) is 0 Å². The van der Waals surface area contributed by atoms with Gasteiger partial charge in [-0.25, -0.2) is 0 Å². The molecule has 0 aliphatic carbocycles. The van der Waals surface area contributed by atoms with Crippen molar-refractivity contribution < 1.29 is 4.74 Å². The average Bonchev–Trinajstić information content (AvgIpc) is 2.53. The molecule has 0 saturated heterocycles. The molecule has 4 heteroatoms. The van der Waals surface area contributed by atoms with E-state index in [2.05, 4.69) is 18.3 Å². The number of nitrogens with zero attached hydrogens (tertiary/aromatic N) is 1. The minimum absolute atomic E-state index is 0.646. The van der Waals surface area contributed by atoms with Crippen molar-refractivity contribution in [3.8, 4) is 11.8 Å². The van der Waals surface area contributed by atoms with Gasteiger partial charge in [0.2, 0.25) is 0 Å². The predicted octanol–water partition coefficient (Wildman–Crippen LogP) is 3.54. The second kappa shape index (κ2) is 7.20. The summed E-state index contributed by atoms with van der Waals surface area (Å²) in [5.41, 5.74) is 9.27. The van der Waals surface area contributed by atoms with Crippen molar-refractivity contribution in [2.24, 2.45) is 0 Å². The number of nitrogens with two attached hydrogens (primary N) is 1. The van der Waals surface area contributed by atoms with E-state index in [1.54, 1.807) is 0 Å². The lowest BCUT2D eigenvalue weighted by molar-refractivity contribution is 0.319. The molecular formula is C17H19N3O. The molecule has 2 aromatic rings. The fraction of sp³-hybridized carbons (Fsp3) is 0.235. The summed E-state index contributed by atoms with van der Waals surface area (Å²) >= 11 is 0. The molecule has 2 rings (SSSR count). The van der Waals surface area contributed by atoms with Gasteiger partial charge in [0.25, 0.3) is 0 Å². The van der Waals surface area contributed by atoms with Crippen molar-refractivity contribution in [2.45, 2.75) is 19.9 Å². The standard InChI is InChI=1S/C17H19N3O/c1-2-9-21-17-10-15(7-8-16(17)19)20-12-14-5-3-13(11-18)4-6-14/h3-8,10,20H,2,9,12,19H2,1H3. The van der Waals surface area contributed by atoms with Crippen LogP contribution in [0.25, 0.3) is 0 Å². The van der Waals surface area contributed by atoms with Crippen LogP contribution in [0.5, 0.6) is 5.75 Å². The molecule has 3 N–H and O–H groups in total. The summed E-state index contributed by atoms with van der Waals surface area (Å²) < 4.78 is 5.61. The Morgan fingerprint density at radius 3 is 2.62 bits per heavy atom. The van der Waals surface area contributed by atoms with Crippen LogP contribution in [0.4, 0.5) is 11.4 Å².